The molecule has 2 rings (SSSR count). The van der Waals surface area contributed by atoms with Gasteiger partial charge in [-0.1, -0.05) is 13.0 Å². The van der Waals surface area contributed by atoms with E-state index in [4.69, 9.17) is 5.11 Å². The molecule has 2 aromatic rings. The maximum atomic E-state index is 12.2. The minimum Gasteiger partial charge on any atom is -0.392 e. The van der Waals surface area contributed by atoms with Gasteiger partial charge in [0.05, 0.1) is 12.6 Å². The molecule has 20 heavy (non-hydrogen) atoms. The molecule has 0 aliphatic carbocycles. The van der Waals surface area contributed by atoms with E-state index in [1.165, 1.54) is 29.7 Å². The summed E-state index contributed by atoms with van der Waals surface area (Å²) < 4.78 is 27.1. The van der Waals surface area contributed by atoms with E-state index in [0.717, 1.165) is 5.01 Å². The van der Waals surface area contributed by atoms with Crippen LogP contribution in [0, 0.1) is 0 Å². The number of hydrogen-bond acceptors (Lipinski definition) is 6. The van der Waals surface area contributed by atoms with Gasteiger partial charge in [-0.3, -0.25) is 0 Å². The van der Waals surface area contributed by atoms with Crippen molar-refractivity contribution in [3.63, 3.8) is 0 Å². The van der Waals surface area contributed by atoms with E-state index in [1.54, 1.807) is 11.6 Å². The highest BCUT2D eigenvalue weighted by Gasteiger charge is 2.22. The van der Waals surface area contributed by atoms with E-state index >= 15 is 0 Å². The van der Waals surface area contributed by atoms with Gasteiger partial charge < -0.3 is 5.11 Å². The van der Waals surface area contributed by atoms with Gasteiger partial charge in [-0.15, -0.1) is 11.3 Å². The van der Waals surface area contributed by atoms with E-state index in [9.17, 15) is 8.42 Å². The molecule has 0 fully saturated rings. The fourth-order valence-electron chi connectivity index (χ4n) is 1.63. The van der Waals surface area contributed by atoms with E-state index in [-0.39, 0.29) is 17.7 Å². The molecular formula is C12H15N3O3S2. The number of aromatic nitrogens is 2. The summed E-state index contributed by atoms with van der Waals surface area (Å²) in [6.45, 7) is 1.72. The zero-order valence-corrected chi connectivity index (χ0v) is 12.5. The first kappa shape index (κ1) is 15.0. The Kier molecular flexibility index (Phi) is 4.81. The lowest BCUT2D eigenvalue weighted by atomic mass is 10.3. The second kappa shape index (κ2) is 6.40. The molecule has 0 saturated carbocycles. The van der Waals surface area contributed by atoms with Crippen LogP contribution in [-0.4, -0.2) is 23.5 Å². The predicted octanol–water partition coefficient (Wildman–Crippen LogP) is 1.46. The third-order valence-corrected chi connectivity index (χ3v) is 4.99. The highest BCUT2D eigenvalue weighted by atomic mass is 32.2. The summed E-state index contributed by atoms with van der Waals surface area (Å²) in [5.74, 6) is 0. The molecule has 0 aromatic carbocycles. The number of thiazole rings is 1. The van der Waals surface area contributed by atoms with Crippen LogP contribution >= 0.6 is 11.3 Å². The van der Waals surface area contributed by atoms with E-state index in [0.29, 0.717) is 12.0 Å². The van der Waals surface area contributed by atoms with Crippen LogP contribution in [0.2, 0.25) is 0 Å². The summed E-state index contributed by atoms with van der Waals surface area (Å²) >= 11 is 1.41. The summed E-state index contributed by atoms with van der Waals surface area (Å²) in [4.78, 5) is 7.99. The molecule has 2 N–H and O–H groups in total. The molecular weight excluding hydrogens is 298 g/mol. The van der Waals surface area contributed by atoms with Gasteiger partial charge in [0.15, 0.2) is 5.03 Å². The second-order valence-electron chi connectivity index (χ2n) is 4.12. The molecule has 2 aromatic heterocycles. The predicted molar refractivity (Wildman–Crippen MR) is 75.6 cm³/mol. The topological polar surface area (TPSA) is 92.2 Å². The van der Waals surface area contributed by atoms with E-state index in [1.807, 2.05) is 6.92 Å². The minimum atomic E-state index is -3.70. The molecule has 1 atom stereocenters. The summed E-state index contributed by atoms with van der Waals surface area (Å²) in [6.07, 6.45) is 3.59. The zero-order chi connectivity index (χ0) is 14.6. The third-order valence-electron chi connectivity index (χ3n) is 2.71. The van der Waals surface area contributed by atoms with Crippen molar-refractivity contribution in [3.8, 4) is 0 Å². The smallest absolute Gasteiger partial charge is 0.258 e. The van der Waals surface area contributed by atoms with Crippen molar-refractivity contribution in [2.75, 3.05) is 0 Å². The first-order chi connectivity index (χ1) is 9.56. The highest BCUT2D eigenvalue weighted by molar-refractivity contribution is 7.89. The van der Waals surface area contributed by atoms with Crippen molar-refractivity contribution in [3.05, 3.63) is 40.5 Å². The van der Waals surface area contributed by atoms with Crippen LogP contribution in [0.3, 0.4) is 0 Å². The molecule has 0 aliphatic heterocycles. The molecule has 0 bridgehead atoms. The van der Waals surface area contributed by atoms with Crippen molar-refractivity contribution in [1.29, 1.82) is 0 Å². The molecule has 0 saturated heterocycles. The number of rotatable bonds is 6. The van der Waals surface area contributed by atoms with Crippen molar-refractivity contribution in [2.45, 2.75) is 31.0 Å². The van der Waals surface area contributed by atoms with E-state index < -0.39 is 10.0 Å². The molecule has 1 unspecified atom stereocenters. The lowest BCUT2D eigenvalue weighted by molar-refractivity contribution is 0.281. The number of nitrogens with zero attached hydrogens (tertiary/aromatic N) is 2. The molecule has 8 heteroatoms. The van der Waals surface area contributed by atoms with Gasteiger partial charge in [-0.25, -0.2) is 18.4 Å². The molecule has 2 heterocycles. The second-order valence-corrected chi connectivity index (χ2v) is 6.70. The quantitative estimate of drug-likeness (QED) is 0.842. The Labute approximate surface area is 121 Å². The van der Waals surface area contributed by atoms with Crippen molar-refractivity contribution >= 4 is 21.4 Å². The van der Waals surface area contributed by atoms with Crippen LogP contribution in [0.4, 0.5) is 0 Å². The van der Waals surface area contributed by atoms with Crippen LogP contribution in [0.25, 0.3) is 0 Å². The number of nitrogens with one attached hydrogen (secondary N) is 1. The Bertz CT molecular complexity index is 639. The normalized spacial score (nSPS) is 13.3. The summed E-state index contributed by atoms with van der Waals surface area (Å²) in [5, 5.41) is 11.4. The van der Waals surface area contributed by atoms with Gasteiger partial charge in [0.2, 0.25) is 0 Å². The molecule has 0 amide bonds. The lowest BCUT2D eigenvalue weighted by Gasteiger charge is -2.14. The van der Waals surface area contributed by atoms with Crippen LogP contribution < -0.4 is 4.72 Å². The summed E-state index contributed by atoms with van der Waals surface area (Å²) in [6, 6.07) is 2.55. The van der Waals surface area contributed by atoms with Gasteiger partial charge in [0.1, 0.15) is 5.01 Å². The van der Waals surface area contributed by atoms with Gasteiger partial charge in [0.25, 0.3) is 10.0 Å². The highest BCUT2D eigenvalue weighted by Crippen LogP contribution is 2.21. The lowest BCUT2D eigenvalue weighted by Crippen LogP contribution is -2.29. The van der Waals surface area contributed by atoms with Gasteiger partial charge in [-0.05, 0) is 18.1 Å². The van der Waals surface area contributed by atoms with Gasteiger partial charge in [-0.2, -0.15) is 4.72 Å². The number of aliphatic hydroxyl groups excluding tert-OH is 1. The Morgan fingerprint density at radius 3 is 2.70 bits per heavy atom. The van der Waals surface area contributed by atoms with Crippen LogP contribution in [0.1, 0.15) is 30.0 Å². The van der Waals surface area contributed by atoms with Crippen molar-refractivity contribution in [1.82, 2.24) is 14.7 Å². The molecule has 0 radical (unpaired) electrons. The van der Waals surface area contributed by atoms with Gasteiger partial charge >= 0.3 is 0 Å². The van der Waals surface area contributed by atoms with Crippen LogP contribution in [0.5, 0.6) is 0 Å². The van der Waals surface area contributed by atoms with Gasteiger partial charge in [0, 0.05) is 17.8 Å². The molecule has 0 spiro atoms. The standard InChI is InChI=1S/C12H15N3O3S2/c1-2-10(12-13-5-6-19-12)15-20(17,18)11-4-3-9(8-16)7-14-11/h3-7,10,15-16H,2,8H2,1H3. The fraction of sp³-hybridized carbons (Fsp3) is 0.333. The third kappa shape index (κ3) is 3.40. The maximum absolute atomic E-state index is 12.2. The minimum absolute atomic E-state index is 0.0651. The molecule has 0 aliphatic rings. The van der Waals surface area contributed by atoms with Crippen molar-refractivity contribution in [2.24, 2.45) is 0 Å². The SMILES string of the molecule is CCC(NS(=O)(=O)c1ccc(CO)cn1)c1nccs1. The monoisotopic (exact) mass is 313 g/mol. The summed E-state index contributed by atoms with van der Waals surface area (Å²) in [7, 11) is -3.70. The Morgan fingerprint density at radius 1 is 1.40 bits per heavy atom. The maximum Gasteiger partial charge on any atom is 0.258 e. The van der Waals surface area contributed by atoms with Crippen molar-refractivity contribution < 1.29 is 13.5 Å². The average Bonchev–Trinajstić information content (AvgIpc) is 2.99. The fourth-order valence-corrected chi connectivity index (χ4v) is 3.69. The van der Waals surface area contributed by atoms with Crippen LogP contribution in [-0.2, 0) is 16.6 Å². The molecule has 108 valence electrons. The largest absolute Gasteiger partial charge is 0.392 e. The first-order valence-corrected chi connectivity index (χ1v) is 8.40. The number of sulfonamides is 1. The zero-order valence-electron chi connectivity index (χ0n) is 10.9. The number of pyridine rings is 1. The summed E-state index contributed by atoms with van der Waals surface area (Å²) in [5.41, 5.74) is 0.566. The van der Waals surface area contributed by atoms with E-state index in [2.05, 4.69) is 14.7 Å². The Hall–Kier alpha value is -1.35. The first-order valence-electron chi connectivity index (χ1n) is 6.04. The number of hydrogen-bond donors (Lipinski definition) is 2. The van der Waals surface area contributed by atoms with Crippen LogP contribution in [0.15, 0.2) is 34.9 Å². The average molecular weight is 313 g/mol. The Balaban J connectivity index is 2.21. The number of aliphatic hydroxyl groups is 1. The molecule has 6 nitrogen and oxygen atoms in total. The Morgan fingerprint density at radius 2 is 2.20 bits per heavy atom.